The average molecular weight is 350 g/mol. The fourth-order valence-corrected chi connectivity index (χ4v) is 2.90. The van der Waals surface area contributed by atoms with Gasteiger partial charge in [-0.05, 0) is 35.6 Å². The van der Waals surface area contributed by atoms with E-state index in [1.54, 1.807) is 0 Å². The minimum Gasteiger partial charge on any atom is -0.456 e. The van der Waals surface area contributed by atoms with E-state index in [2.05, 4.69) is 5.32 Å². The van der Waals surface area contributed by atoms with E-state index in [1.807, 2.05) is 72.3 Å². The van der Waals surface area contributed by atoms with Gasteiger partial charge in [0.05, 0.1) is 6.42 Å². The van der Waals surface area contributed by atoms with Gasteiger partial charge in [0.25, 0.3) is 5.91 Å². The van der Waals surface area contributed by atoms with Crippen LogP contribution in [0.15, 0.2) is 60.8 Å². The third kappa shape index (κ3) is 4.30. The Balaban J connectivity index is 1.47. The summed E-state index contributed by atoms with van der Waals surface area (Å²) in [5, 5.41) is 3.92. The van der Waals surface area contributed by atoms with Crippen LogP contribution in [-0.4, -0.2) is 23.1 Å². The van der Waals surface area contributed by atoms with Crippen LogP contribution < -0.4 is 5.32 Å². The normalized spacial score (nSPS) is 10.7. The zero-order chi connectivity index (χ0) is 18.4. The fraction of sp³-hybridized carbons (Fsp3) is 0.238. The first-order chi connectivity index (χ1) is 12.7. The van der Waals surface area contributed by atoms with E-state index in [-0.39, 0.29) is 24.9 Å². The minimum atomic E-state index is -0.387. The number of aromatic nitrogens is 1. The molecular weight excluding hydrogens is 328 g/mol. The number of benzene rings is 2. The van der Waals surface area contributed by atoms with E-state index in [9.17, 15) is 9.59 Å². The minimum absolute atomic E-state index is 0.220. The maximum absolute atomic E-state index is 12.0. The van der Waals surface area contributed by atoms with Gasteiger partial charge >= 0.3 is 5.97 Å². The molecule has 1 aromatic heterocycles. The zero-order valence-electron chi connectivity index (χ0n) is 14.8. The summed E-state index contributed by atoms with van der Waals surface area (Å²) in [6.45, 7) is 2.27. The number of carbonyl (C=O) groups excluding carboxylic acids is 2. The predicted octanol–water partition coefficient (Wildman–Crippen LogP) is 3.78. The van der Waals surface area contributed by atoms with E-state index in [0.717, 1.165) is 28.6 Å². The number of esters is 1. The molecule has 0 fully saturated rings. The van der Waals surface area contributed by atoms with E-state index in [1.165, 1.54) is 0 Å². The number of nitrogens with zero attached hydrogens (tertiary/aromatic N) is 1. The lowest BCUT2D eigenvalue weighted by atomic mass is 10.1. The molecule has 0 saturated heterocycles. The molecule has 0 aliphatic carbocycles. The molecule has 3 aromatic rings. The molecule has 0 saturated carbocycles. The molecule has 1 N–H and O–H groups in total. The summed E-state index contributed by atoms with van der Waals surface area (Å²) in [5.74, 6) is -0.715. The van der Waals surface area contributed by atoms with E-state index >= 15 is 0 Å². The second-order valence-electron chi connectivity index (χ2n) is 6.04. The van der Waals surface area contributed by atoms with Crippen molar-refractivity contribution in [3.05, 3.63) is 66.4 Å². The Morgan fingerprint density at radius 1 is 1.04 bits per heavy atom. The van der Waals surface area contributed by atoms with Crippen LogP contribution in [0.4, 0.5) is 5.69 Å². The number of nitrogens with one attached hydrogen (secondary N) is 1. The van der Waals surface area contributed by atoms with Gasteiger partial charge in [0.15, 0.2) is 6.61 Å². The monoisotopic (exact) mass is 350 g/mol. The Bertz CT molecular complexity index is 914. The molecule has 3 rings (SSSR count). The number of aryl methyl sites for hydroxylation is 2. The molecule has 0 atom stereocenters. The molecule has 1 heterocycles. The molecule has 1 amide bonds. The molecule has 0 radical (unpaired) electrons. The first-order valence-electron chi connectivity index (χ1n) is 8.74. The van der Waals surface area contributed by atoms with Crippen molar-refractivity contribution < 1.29 is 14.3 Å². The van der Waals surface area contributed by atoms with E-state index in [0.29, 0.717) is 6.54 Å². The van der Waals surface area contributed by atoms with Crippen molar-refractivity contribution in [1.82, 2.24) is 4.57 Å². The van der Waals surface area contributed by atoms with Crippen molar-refractivity contribution in [1.29, 1.82) is 0 Å². The SMILES string of the molecule is CCc1ccccc1NC(=O)COC(=O)CCn1ccc2ccccc21. The maximum Gasteiger partial charge on any atom is 0.308 e. The van der Waals surface area contributed by atoms with Crippen molar-refractivity contribution in [3.63, 3.8) is 0 Å². The van der Waals surface area contributed by atoms with Gasteiger partial charge in [-0.15, -0.1) is 0 Å². The molecule has 0 aliphatic heterocycles. The van der Waals surface area contributed by atoms with Crippen LogP contribution in [0.25, 0.3) is 10.9 Å². The predicted molar refractivity (Wildman–Crippen MR) is 102 cm³/mol. The molecular formula is C21H22N2O3. The van der Waals surface area contributed by atoms with E-state index < -0.39 is 0 Å². The van der Waals surface area contributed by atoms with Gasteiger partial charge in [-0.1, -0.05) is 43.3 Å². The van der Waals surface area contributed by atoms with Crippen molar-refractivity contribution >= 4 is 28.5 Å². The Hall–Kier alpha value is -3.08. The Morgan fingerprint density at radius 2 is 1.81 bits per heavy atom. The summed E-state index contributed by atoms with van der Waals surface area (Å²) < 4.78 is 7.10. The van der Waals surface area contributed by atoms with Crippen LogP contribution in [0, 0.1) is 0 Å². The van der Waals surface area contributed by atoms with Crippen molar-refractivity contribution in [3.8, 4) is 0 Å². The van der Waals surface area contributed by atoms with Gasteiger partial charge in [-0.3, -0.25) is 9.59 Å². The first-order valence-corrected chi connectivity index (χ1v) is 8.74. The highest BCUT2D eigenvalue weighted by Crippen LogP contribution is 2.16. The second kappa shape index (κ2) is 8.34. The van der Waals surface area contributed by atoms with Gasteiger partial charge in [0.2, 0.25) is 0 Å². The average Bonchev–Trinajstić information content (AvgIpc) is 3.08. The molecule has 0 unspecified atom stereocenters. The molecule has 5 nitrogen and oxygen atoms in total. The lowest BCUT2D eigenvalue weighted by Crippen LogP contribution is -2.22. The summed E-state index contributed by atoms with van der Waals surface area (Å²) in [4.78, 5) is 23.9. The number of amides is 1. The van der Waals surface area contributed by atoms with Crippen molar-refractivity contribution in [2.45, 2.75) is 26.3 Å². The molecule has 5 heteroatoms. The number of hydrogen-bond donors (Lipinski definition) is 1. The highest BCUT2D eigenvalue weighted by molar-refractivity contribution is 5.93. The van der Waals surface area contributed by atoms with Gasteiger partial charge in [-0.25, -0.2) is 0 Å². The first kappa shape index (κ1) is 17.7. The Morgan fingerprint density at radius 3 is 2.65 bits per heavy atom. The second-order valence-corrected chi connectivity index (χ2v) is 6.04. The van der Waals surface area contributed by atoms with Gasteiger partial charge in [0, 0.05) is 23.9 Å². The summed E-state index contributed by atoms with van der Waals surface area (Å²) in [6, 6.07) is 17.6. The zero-order valence-corrected chi connectivity index (χ0v) is 14.8. The number of rotatable bonds is 7. The number of anilines is 1. The topological polar surface area (TPSA) is 60.3 Å². The molecule has 26 heavy (non-hydrogen) atoms. The van der Waals surface area contributed by atoms with Gasteiger partial charge in [0.1, 0.15) is 0 Å². The molecule has 2 aromatic carbocycles. The smallest absolute Gasteiger partial charge is 0.308 e. The highest BCUT2D eigenvalue weighted by atomic mass is 16.5. The molecule has 0 aliphatic rings. The summed E-state index contributed by atoms with van der Waals surface area (Å²) in [7, 11) is 0. The summed E-state index contributed by atoms with van der Waals surface area (Å²) in [6.07, 6.45) is 2.99. The largest absolute Gasteiger partial charge is 0.456 e. The number of para-hydroxylation sites is 2. The van der Waals surface area contributed by atoms with Crippen LogP contribution in [0.5, 0.6) is 0 Å². The van der Waals surface area contributed by atoms with Gasteiger partial charge < -0.3 is 14.6 Å². The standard InChI is InChI=1S/C21H22N2O3/c1-2-16-7-3-5-9-18(16)22-20(24)15-26-21(25)12-14-23-13-11-17-8-4-6-10-19(17)23/h3-11,13H,2,12,14-15H2,1H3,(H,22,24). The number of carbonyl (C=O) groups is 2. The summed E-state index contributed by atoms with van der Waals surface area (Å²) in [5.41, 5.74) is 2.88. The summed E-state index contributed by atoms with van der Waals surface area (Å²) >= 11 is 0. The Kier molecular flexibility index (Phi) is 5.69. The Labute approximate surface area is 152 Å². The molecule has 0 bridgehead atoms. The quantitative estimate of drug-likeness (QED) is 0.660. The van der Waals surface area contributed by atoms with Gasteiger partial charge in [-0.2, -0.15) is 0 Å². The van der Waals surface area contributed by atoms with Crippen LogP contribution in [-0.2, 0) is 27.3 Å². The third-order valence-electron chi connectivity index (χ3n) is 4.27. The number of hydrogen-bond acceptors (Lipinski definition) is 3. The van der Waals surface area contributed by atoms with Crippen LogP contribution >= 0.6 is 0 Å². The molecule has 134 valence electrons. The molecule has 0 spiro atoms. The lowest BCUT2D eigenvalue weighted by molar-refractivity contribution is -0.147. The van der Waals surface area contributed by atoms with Crippen LogP contribution in [0.2, 0.25) is 0 Å². The number of fused-ring (bicyclic) bond motifs is 1. The lowest BCUT2D eigenvalue weighted by Gasteiger charge is -2.10. The third-order valence-corrected chi connectivity index (χ3v) is 4.27. The fourth-order valence-electron chi connectivity index (χ4n) is 2.90. The highest BCUT2D eigenvalue weighted by Gasteiger charge is 2.10. The van der Waals surface area contributed by atoms with Crippen molar-refractivity contribution in [2.24, 2.45) is 0 Å². The van der Waals surface area contributed by atoms with Crippen molar-refractivity contribution in [2.75, 3.05) is 11.9 Å². The maximum atomic E-state index is 12.0. The van der Waals surface area contributed by atoms with Crippen LogP contribution in [0.1, 0.15) is 18.9 Å². The van der Waals surface area contributed by atoms with Crippen LogP contribution in [0.3, 0.4) is 0 Å². The number of ether oxygens (including phenoxy) is 1. The van der Waals surface area contributed by atoms with E-state index in [4.69, 9.17) is 4.74 Å².